The molecule has 0 radical (unpaired) electrons. The van der Waals surface area contributed by atoms with E-state index in [0.29, 0.717) is 5.54 Å². The minimum atomic E-state index is 0.333. The molecule has 0 bridgehead atoms. The molecule has 0 N–H and O–H groups in total. The van der Waals surface area contributed by atoms with Gasteiger partial charge in [-0.25, -0.2) is 0 Å². The summed E-state index contributed by atoms with van der Waals surface area (Å²) in [7, 11) is 0. The molecule has 0 saturated carbocycles. The highest BCUT2D eigenvalue weighted by atomic mass is 15.0. The van der Waals surface area contributed by atoms with Crippen molar-refractivity contribution in [1.29, 1.82) is 0 Å². The largest absolute Gasteiger partial charge is 0.283 e. The molecule has 1 rings (SSSR count). The van der Waals surface area contributed by atoms with Crippen LogP contribution in [-0.2, 0) is 0 Å². The first-order chi connectivity index (χ1) is 3.33. The van der Waals surface area contributed by atoms with Crippen LogP contribution in [-0.4, -0.2) is 11.8 Å². The van der Waals surface area contributed by atoms with E-state index in [0.717, 1.165) is 0 Å². The maximum atomic E-state index is 4.15. The van der Waals surface area contributed by atoms with Crippen molar-refractivity contribution in [2.24, 2.45) is 4.99 Å². The molecule has 1 aliphatic rings. The number of nitrogens with zero attached hydrogens (tertiary/aromatic N) is 1. The third-order valence-electron chi connectivity index (χ3n) is 1.72. The third-order valence-corrected chi connectivity index (χ3v) is 1.72. The van der Waals surface area contributed by atoms with Gasteiger partial charge in [0.25, 0.3) is 0 Å². The van der Waals surface area contributed by atoms with Crippen LogP contribution in [0.3, 0.4) is 0 Å². The van der Waals surface area contributed by atoms with Crippen LogP contribution in [0.15, 0.2) is 4.99 Å². The molecule has 1 aliphatic heterocycles. The molecular formula is C6H11N. The van der Waals surface area contributed by atoms with E-state index in [-0.39, 0.29) is 0 Å². The number of aliphatic imine (C=N–C) groups is 1. The van der Waals surface area contributed by atoms with E-state index in [1.807, 2.05) is 6.21 Å². The van der Waals surface area contributed by atoms with Gasteiger partial charge in [0.05, 0.1) is 5.54 Å². The monoisotopic (exact) mass is 97.1 g/mol. The van der Waals surface area contributed by atoms with Gasteiger partial charge in [-0.3, -0.25) is 4.99 Å². The Morgan fingerprint density at radius 2 is 1.86 bits per heavy atom. The Kier molecular flexibility index (Phi) is 0.911. The van der Waals surface area contributed by atoms with Gasteiger partial charge in [-0.2, -0.15) is 0 Å². The lowest BCUT2D eigenvalue weighted by Crippen LogP contribution is -2.08. The van der Waals surface area contributed by atoms with Gasteiger partial charge in [-0.05, 0) is 12.8 Å². The van der Waals surface area contributed by atoms with Crippen molar-refractivity contribution in [2.75, 3.05) is 0 Å². The first-order valence-corrected chi connectivity index (χ1v) is 2.89. The molecular weight excluding hydrogens is 86.1 g/mol. The molecule has 0 aromatic carbocycles. The fourth-order valence-electron chi connectivity index (χ4n) is 0.706. The minimum absolute atomic E-state index is 0.333. The average molecular weight is 97.2 g/mol. The summed E-state index contributed by atoms with van der Waals surface area (Å²) in [5.74, 6) is 0. The average Bonchev–Trinajstić information content (AvgIpc) is 2.46. The minimum Gasteiger partial charge on any atom is -0.283 e. The van der Waals surface area contributed by atoms with Crippen molar-refractivity contribution >= 4 is 6.21 Å². The zero-order valence-corrected chi connectivity index (χ0v) is 4.94. The number of hydrogen-bond donors (Lipinski definition) is 0. The van der Waals surface area contributed by atoms with Crippen molar-refractivity contribution < 1.29 is 0 Å². The van der Waals surface area contributed by atoms with Gasteiger partial charge in [0.1, 0.15) is 0 Å². The molecule has 0 aliphatic carbocycles. The van der Waals surface area contributed by atoms with Gasteiger partial charge >= 0.3 is 0 Å². The van der Waals surface area contributed by atoms with E-state index in [4.69, 9.17) is 0 Å². The summed E-state index contributed by atoms with van der Waals surface area (Å²) in [4.78, 5) is 4.15. The van der Waals surface area contributed by atoms with Gasteiger partial charge in [0, 0.05) is 6.21 Å². The second kappa shape index (κ2) is 1.32. The van der Waals surface area contributed by atoms with Crippen LogP contribution in [0.25, 0.3) is 0 Å². The quantitative estimate of drug-likeness (QED) is 0.496. The molecule has 0 aromatic heterocycles. The molecule has 1 heterocycles. The van der Waals surface area contributed by atoms with E-state index in [2.05, 4.69) is 18.8 Å². The maximum Gasteiger partial charge on any atom is 0.0945 e. The van der Waals surface area contributed by atoms with Gasteiger partial charge in [0.2, 0.25) is 0 Å². The van der Waals surface area contributed by atoms with Crippen LogP contribution in [0.5, 0.6) is 0 Å². The van der Waals surface area contributed by atoms with Crippen molar-refractivity contribution in [3.63, 3.8) is 0 Å². The first kappa shape index (κ1) is 4.82. The zero-order chi connectivity index (χ0) is 5.33. The number of rotatable bonds is 2. The van der Waals surface area contributed by atoms with Crippen molar-refractivity contribution in [2.45, 2.75) is 32.2 Å². The predicted octanol–water partition coefficient (Wildman–Crippen LogP) is 1.63. The van der Waals surface area contributed by atoms with Gasteiger partial charge in [0.15, 0.2) is 0 Å². The predicted molar refractivity (Wildman–Crippen MR) is 31.8 cm³/mol. The molecule has 1 nitrogen and oxygen atoms in total. The fraction of sp³-hybridized carbons (Fsp3) is 0.833. The standard InChI is InChI=1S/C6H11N/c1-3-6(4-2)5-7-6/h5H,3-4H2,1-2H3. The summed E-state index contributed by atoms with van der Waals surface area (Å²) < 4.78 is 0. The first-order valence-electron chi connectivity index (χ1n) is 2.89. The summed E-state index contributed by atoms with van der Waals surface area (Å²) in [5.41, 5.74) is 0.333. The Labute approximate surface area is 44.5 Å². The summed E-state index contributed by atoms with van der Waals surface area (Å²) in [6.45, 7) is 4.35. The molecule has 40 valence electrons. The molecule has 0 unspecified atom stereocenters. The Bertz CT molecular complexity index is 82.4. The molecule has 0 fully saturated rings. The molecule has 0 spiro atoms. The Morgan fingerprint density at radius 3 is 1.86 bits per heavy atom. The normalized spacial score (nSPS) is 22.6. The summed E-state index contributed by atoms with van der Waals surface area (Å²) in [5, 5.41) is 0. The van der Waals surface area contributed by atoms with Crippen LogP contribution in [0.4, 0.5) is 0 Å². The summed E-state index contributed by atoms with van der Waals surface area (Å²) in [6, 6.07) is 0. The van der Waals surface area contributed by atoms with E-state index < -0.39 is 0 Å². The molecule has 0 amide bonds. The lowest BCUT2D eigenvalue weighted by molar-refractivity contribution is 0.617. The van der Waals surface area contributed by atoms with Crippen LogP contribution in [0, 0.1) is 0 Å². The smallest absolute Gasteiger partial charge is 0.0945 e. The van der Waals surface area contributed by atoms with Crippen LogP contribution in [0.1, 0.15) is 26.7 Å². The Hall–Kier alpha value is -0.330. The van der Waals surface area contributed by atoms with Crippen LogP contribution in [0.2, 0.25) is 0 Å². The Balaban J connectivity index is 2.31. The highest BCUT2D eigenvalue weighted by Gasteiger charge is 2.31. The highest BCUT2D eigenvalue weighted by molar-refractivity contribution is 5.83. The van der Waals surface area contributed by atoms with Gasteiger partial charge in [-0.15, -0.1) is 0 Å². The maximum absolute atomic E-state index is 4.15. The molecule has 0 atom stereocenters. The van der Waals surface area contributed by atoms with Crippen LogP contribution >= 0.6 is 0 Å². The van der Waals surface area contributed by atoms with E-state index in [1.54, 1.807) is 0 Å². The van der Waals surface area contributed by atoms with Gasteiger partial charge in [-0.1, -0.05) is 13.8 Å². The van der Waals surface area contributed by atoms with E-state index >= 15 is 0 Å². The molecule has 7 heavy (non-hydrogen) atoms. The highest BCUT2D eigenvalue weighted by Crippen LogP contribution is 2.27. The second-order valence-corrected chi connectivity index (χ2v) is 2.07. The Morgan fingerprint density at radius 1 is 1.43 bits per heavy atom. The topological polar surface area (TPSA) is 12.4 Å². The van der Waals surface area contributed by atoms with Gasteiger partial charge < -0.3 is 0 Å². The fourth-order valence-corrected chi connectivity index (χ4v) is 0.706. The summed E-state index contributed by atoms with van der Waals surface area (Å²) >= 11 is 0. The van der Waals surface area contributed by atoms with Crippen molar-refractivity contribution in [3.8, 4) is 0 Å². The molecule has 0 saturated heterocycles. The molecule has 1 heteroatoms. The zero-order valence-electron chi connectivity index (χ0n) is 4.94. The third kappa shape index (κ3) is 0.671. The lowest BCUT2D eigenvalue weighted by Gasteiger charge is -2.02. The van der Waals surface area contributed by atoms with E-state index in [9.17, 15) is 0 Å². The van der Waals surface area contributed by atoms with E-state index in [1.165, 1.54) is 12.8 Å². The summed E-state index contributed by atoms with van der Waals surface area (Å²) in [6.07, 6.45) is 4.42. The SMILES string of the molecule is CCC1(CC)C=N1. The second-order valence-electron chi connectivity index (χ2n) is 2.07. The van der Waals surface area contributed by atoms with Crippen molar-refractivity contribution in [3.05, 3.63) is 0 Å². The number of hydrogen-bond acceptors (Lipinski definition) is 1. The van der Waals surface area contributed by atoms with Crippen LogP contribution < -0.4 is 0 Å². The lowest BCUT2D eigenvalue weighted by atomic mass is 10.0. The molecule has 0 aromatic rings. The van der Waals surface area contributed by atoms with Crippen molar-refractivity contribution in [1.82, 2.24) is 0 Å².